The second-order valence-electron chi connectivity index (χ2n) is 30.4. The van der Waals surface area contributed by atoms with Gasteiger partial charge in [-0.15, -0.1) is 0 Å². The van der Waals surface area contributed by atoms with Gasteiger partial charge in [0.15, 0.2) is 47.8 Å². The number of hydrogen-bond acceptors (Lipinski definition) is 39. The van der Waals surface area contributed by atoms with Gasteiger partial charge in [0.25, 0.3) is 24.4 Å². The molecule has 2 saturated heterocycles. The molecule has 17 N–H and O–H groups in total. The highest BCUT2D eigenvalue weighted by atomic mass is 16.8. The monoisotopic (exact) mass is 1780 g/mol. The van der Waals surface area contributed by atoms with Crippen LogP contribution in [0.15, 0.2) is 48.5 Å². The number of aliphatic hydroxyl groups is 6. The van der Waals surface area contributed by atoms with E-state index in [0.29, 0.717) is 0 Å². The number of carboxylic acid groups (broad SMARTS) is 3. The van der Waals surface area contributed by atoms with Gasteiger partial charge in [-0.2, -0.15) is 0 Å². The summed E-state index contributed by atoms with van der Waals surface area (Å²) in [5.74, 6) is -19.1. The molecule has 2 amide bonds. The SMILES string of the molecule is COC(=O)COC(OC1[C@@H](N(C)C)C(C)O[C@@H](O[C@@H]2c3cc(C)c(C(=O)N[C@H](CO)C(=O)OC)c(O)c3-c3c(cc4c(c3O)C(=O)c3cc(OC)cc(O)c3C4=O)[C@@H]2O)[C@@H]1O)C(=O)OC.COc1cc(O)c2c(c1)C(=O)c1c(cc3c(c1O)-c1c(cc(C)c(C(=O)N[C@H](CO)C(=O)O)c1O)[C@@H](O[C@@H]1OC(C)[C@H](N(C)C)C(OC(OCC(=O)O)C(=O)O)[C@H]1O)[C@H]3O)C2=O. The number of methoxy groups -OCH3 is 5. The van der Waals surface area contributed by atoms with Crippen LogP contribution in [-0.4, -0.2) is 333 Å². The van der Waals surface area contributed by atoms with Crippen LogP contribution in [0.4, 0.5) is 0 Å². The van der Waals surface area contributed by atoms with E-state index in [9.17, 15) is 129 Å². The number of aryl methyl sites for hydroxylation is 2. The van der Waals surface area contributed by atoms with Crippen LogP contribution in [-0.2, 0) is 80.9 Å². The molecule has 6 aromatic rings. The number of nitrogens with one attached hydrogen (secondary N) is 2. The van der Waals surface area contributed by atoms with Crippen LogP contribution in [0.1, 0.15) is 156 Å². The number of ether oxygens (including phenoxy) is 13. The Morgan fingerprint density at radius 2 is 0.819 bits per heavy atom. The highest BCUT2D eigenvalue weighted by Gasteiger charge is 2.55. The summed E-state index contributed by atoms with van der Waals surface area (Å²) in [6.45, 7) is 1.96. The molecular weight excluding hydrogens is 1690 g/mol. The van der Waals surface area contributed by atoms with Crippen LogP contribution in [0.5, 0.6) is 46.0 Å². The number of fused-ring (bicyclic) bond motifs is 10. The molecule has 6 aromatic carbocycles. The maximum Gasteiger partial charge on any atom is 0.363 e. The Bertz CT molecular complexity index is 5470. The van der Waals surface area contributed by atoms with Gasteiger partial charge in [-0.1, -0.05) is 12.1 Å². The predicted molar refractivity (Wildman–Crippen MR) is 421 cm³/mol. The van der Waals surface area contributed by atoms with Crippen molar-refractivity contribution in [1.29, 1.82) is 0 Å². The van der Waals surface area contributed by atoms with Crippen LogP contribution >= 0.6 is 0 Å². The zero-order chi connectivity index (χ0) is 93.7. The Balaban J connectivity index is 0.000000247. The maximum atomic E-state index is 14.2. The first kappa shape index (κ1) is 95.2. The van der Waals surface area contributed by atoms with Crippen molar-refractivity contribution in [3.05, 3.63) is 138 Å². The molecule has 44 heteroatoms. The summed E-state index contributed by atoms with van der Waals surface area (Å²) in [4.78, 5) is 159. The van der Waals surface area contributed by atoms with Gasteiger partial charge < -0.3 is 159 Å². The van der Waals surface area contributed by atoms with Gasteiger partial charge in [0.05, 0.1) is 106 Å². The number of hydrogen-bond donors (Lipinski definition) is 17. The van der Waals surface area contributed by atoms with E-state index >= 15 is 0 Å². The molecule has 0 spiro atoms. The Hall–Kier alpha value is -12.5. The minimum atomic E-state index is -2.22. The van der Waals surface area contributed by atoms with Crippen LogP contribution in [0, 0.1) is 13.8 Å². The molecule has 6 unspecified atom stereocenters. The highest BCUT2D eigenvalue weighted by Crippen LogP contribution is 2.60. The number of rotatable bonds is 28. The maximum absolute atomic E-state index is 14.2. The first-order valence-electron chi connectivity index (χ1n) is 38.4. The van der Waals surface area contributed by atoms with Crippen molar-refractivity contribution in [2.45, 2.75) is 138 Å². The lowest BCUT2D eigenvalue weighted by Gasteiger charge is -2.47. The molecule has 12 rings (SSSR count). The van der Waals surface area contributed by atoms with Crippen LogP contribution < -0.4 is 20.1 Å². The number of carbonyl (C=O) groups is 12. The largest absolute Gasteiger partial charge is 0.507 e. The highest BCUT2D eigenvalue weighted by molar-refractivity contribution is 6.32. The molecule has 0 saturated carbocycles. The lowest BCUT2D eigenvalue weighted by atomic mass is 9.74. The van der Waals surface area contributed by atoms with E-state index in [0.717, 1.165) is 51.7 Å². The smallest absolute Gasteiger partial charge is 0.363 e. The molecular formula is C83H90N4O40. The number of aromatic hydroxyl groups is 6. The van der Waals surface area contributed by atoms with Crippen molar-refractivity contribution in [1.82, 2.24) is 20.4 Å². The van der Waals surface area contributed by atoms with Crippen molar-refractivity contribution < 1.29 is 196 Å². The molecule has 2 aliphatic heterocycles. The summed E-state index contributed by atoms with van der Waals surface area (Å²) in [7, 11) is 12.0. The number of benzene rings is 6. The summed E-state index contributed by atoms with van der Waals surface area (Å²) >= 11 is 0. The molecule has 4 aliphatic carbocycles. The Labute approximate surface area is 718 Å². The molecule has 127 heavy (non-hydrogen) atoms. The molecule has 0 radical (unpaired) electrons. The number of carboxylic acids is 3. The molecule has 0 aromatic heterocycles. The van der Waals surface area contributed by atoms with E-state index in [-0.39, 0.29) is 50.4 Å². The van der Waals surface area contributed by atoms with E-state index in [1.54, 1.807) is 40.0 Å². The normalized spacial score (nSPS) is 23.3. The van der Waals surface area contributed by atoms with Crippen molar-refractivity contribution in [3.63, 3.8) is 0 Å². The minimum Gasteiger partial charge on any atom is -0.507 e. The number of carbonyl (C=O) groups excluding carboxylic acids is 9. The first-order chi connectivity index (χ1) is 59.9. The fourth-order valence-electron chi connectivity index (χ4n) is 16.4. The van der Waals surface area contributed by atoms with Gasteiger partial charge in [0, 0.05) is 56.6 Å². The third-order valence-electron chi connectivity index (χ3n) is 22.2. The quantitative estimate of drug-likeness (QED) is 0.0172. The Kier molecular flexibility index (Phi) is 28.5. The summed E-state index contributed by atoms with van der Waals surface area (Å²) < 4.78 is 71.1. The molecule has 682 valence electrons. The third-order valence-corrected chi connectivity index (χ3v) is 22.2. The van der Waals surface area contributed by atoms with Gasteiger partial charge in [0.1, 0.15) is 108 Å². The van der Waals surface area contributed by atoms with Crippen LogP contribution in [0.3, 0.4) is 0 Å². The van der Waals surface area contributed by atoms with Gasteiger partial charge in [-0.25, -0.2) is 28.8 Å². The Morgan fingerprint density at radius 1 is 0.449 bits per heavy atom. The zero-order valence-electron chi connectivity index (χ0n) is 69.6. The molecule has 2 fully saturated rings. The number of phenols is 6. The Morgan fingerprint density at radius 3 is 1.17 bits per heavy atom. The standard InChI is InChI=1S/C43H48N2O20.C40H42N2O20/c1-15-9-21-28(34(52)25(15)39(55)44-22(13-46)40(56)60-7)27-19(12-20-29(35(27)53)32(50)18-10-17(58-5)11-23(47)26(18)31(20)49)33(51)37(21)64-42-36(54)38(30(45(3)4)16(2)63-42)65-43(41(57)61-8)62-14-24(48)59-6;1-12-6-18-25(31(50)22(12)36(53)41-19(10-43)37(54)55)24-16(9-17-26(32(24)51)29(48)15-7-14(58-5)8-20(44)23(15)28(17)47)30(49)34(18)61-39-33(52)35(27(42(3)4)13(2)60-39)62-40(38(56)57)59-11-21(45)46/h9-12,16,22,30,33,36-38,42-43,46-47,51-54H,13-14H2,1-8H3,(H,44,55);6-9,13,19,27,30,33-35,39-40,43-44,49-52H,10-11H2,1-5H3,(H,41,53)(H,45,46)(H,54,55)(H,56,57)/t16?,22-,30+,33+,36-,37-,38?,42+,43?;13?,19-,27+,30+,33-,34-,35?,39+,40?/m11/s1. The number of nitrogens with zero attached hydrogens (tertiary/aromatic N) is 2. The molecule has 6 aliphatic rings. The fourth-order valence-corrected chi connectivity index (χ4v) is 16.4. The van der Waals surface area contributed by atoms with Crippen molar-refractivity contribution >= 4 is 70.8 Å². The molecule has 0 bridgehead atoms. The van der Waals surface area contributed by atoms with E-state index in [1.807, 2.05) is 0 Å². The van der Waals surface area contributed by atoms with Crippen molar-refractivity contribution in [2.75, 3.05) is 90.2 Å². The van der Waals surface area contributed by atoms with Gasteiger partial charge in [-0.05, 0) is 114 Å². The number of esters is 3. The average molecular weight is 1780 g/mol. The van der Waals surface area contributed by atoms with Crippen LogP contribution in [0.2, 0.25) is 0 Å². The van der Waals surface area contributed by atoms with Gasteiger partial charge in [-0.3, -0.25) is 28.8 Å². The number of phenolic OH excluding ortho intramolecular Hbond substituents is 6. The molecule has 44 nitrogen and oxygen atoms in total. The lowest BCUT2D eigenvalue weighted by molar-refractivity contribution is -0.323. The third kappa shape index (κ3) is 17.6. The number of aliphatic carboxylic acids is 3. The first-order valence-corrected chi connectivity index (χ1v) is 38.4. The van der Waals surface area contributed by atoms with Gasteiger partial charge >= 0.3 is 35.8 Å². The van der Waals surface area contributed by atoms with Crippen molar-refractivity contribution in [2.24, 2.45) is 0 Å². The number of ketones is 4. The lowest BCUT2D eigenvalue weighted by Crippen LogP contribution is -2.64. The van der Waals surface area contributed by atoms with E-state index < -0.39 is 314 Å². The zero-order valence-corrected chi connectivity index (χ0v) is 69.6. The average Bonchev–Trinajstić information content (AvgIpc) is 0.706. The van der Waals surface area contributed by atoms with Crippen molar-refractivity contribution in [3.8, 4) is 68.2 Å². The summed E-state index contributed by atoms with van der Waals surface area (Å²) in [5, 5.41) is 170. The van der Waals surface area contributed by atoms with E-state index in [4.69, 9.17) is 57.2 Å². The van der Waals surface area contributed by atoms with E-state index in [2.05, 4.69) is 20.1 Å². The number of aliphatic hydroxyl groups excluding tert-OH is 6. The van der Waals surface area contributed by atoms with E-state index in [1.165, 1.54) is 58.1 Å². The molecule has 2 heterocycles. The number of likely N-dealkylation sites (N-methyl/N-ethyl adjacent to an activating group) is 2. The minimum absolute atomic E-state index is 0.00138. The summed E-state index contributed by atoms with van der Waals surface area (Å²) in [6.07, 6.45) is -23.9. The number of amides is 2. The van der Waals surface area contributed by atoms with Crippen LogP contribution in [0.25, 0.3) is 22.3 Å². The predicted octanol–water partition coefficient (Wildman–Crippen LogP) is -0.183. The second-order valence-corrected chi connectivity index (χ2v) is 30.4. The van der Waals surface area contributed by atoms with Gasteiger partial charge in [0.2, 0.25) is 0 Å². The topological polar surface area (TPSA) is 659 Å². The second kappa shape index (κ2) is 38.0. The summed E-state index contributed by atoms with van der Waals surface area (Å²) in [5.41, 5.74) is -7.92. The molecule has 18 atom stereocenters. The summed E-state index contributed by atoms with van der Waals surface area (Å²) in [6, 6.07) is 3.80. The fraction of sp³-hybridized carbons (Fsp3) is 0.422.